The van der Waals surface area contributed by atoms with Crippen molar-refractivity contribution in [3.63, 3.8) is 0 Å². The zero-order valence-electron chi connectivity index (χ0n) is 10.5. The molecule has 0 spiro atoms. The van der Waals surface area contributed by atoms with Crippen molar-refractivity contribution in [2.45, 2.75) is 13.5 Å². The van der Waals surface area contributed by atoms with Crippen LogP contribution in [0.2, 0.25) is 0 Å². The highest BCUT2D eigenvalue weighted by molar-refractivity contribution is 9.10. The highest BCUT2D eigenvalue weighted by Crippen LogP contribution is 2.23. The summed E-state index contributed by atoms with van der Waals surface area (Å²) in [7, 11) is 0. The van der Waals surface area contributed by atoms with Gasteiger partial charge in [-0.25, -0.2) is 4.98 Å². The van der Waals surface area contributed by atoms with Gasteiger partial charge in [0.1, 0.15) is 0 Å². The van der Waals surface area contributed by atoms with E-state index in [-0.39, 0.29) is 0 Å². The first-order valence-electron chi connectivity index (χ1n) is 5.97. The Kier molecular flexibility index (Phi) is 2.98. The summed E-state index contributed by atoms with van der Waals surface area (Å²) >= 11 is 3.48. The third kappa shape index (κ3) is 2.21. The Morgan fingerprint density at radius 2 is 2.16 bits per heavy atom. The van der Waals surface area contributed by atoms with Gasteiger partial charge in [0.15, 0.2) is 0 Å². The van der Waals surface area contributed by atoms with Gasteiger partial charge in [-0.3, -0.25) is 4.98 Å². The molecule has 1 aromatic carbocycles. The molecule has 5 heteroatoms. The number of hydrogen-bond acceptors (Lipinski definition) is 3. The van der Waals surface area contributed by atoms with Gasteiger partial charge in [-0.15, -0.1) is 0 Å². The summed E-state index contributed by atoms with van der Waals surface area (Å²) < 4.78 is 2.99. The van der Waals surface area contributed by atoms with Crippen LogP contribution in [-0.2, 0) is 6.54 Å². The molecule has 96 valence electrons. The number of aromatic nitrogens is 3. The quantitative estimate of drug-likeness (QED) is 0.790. The molecule has 3 aromatic rings. The van der Waals surface area contributed by atoms with Crippen molar-refractivity contribution in [2.24, 2.45) is 0 Å². The van der Waals surface area contributed by atoms with Crippen LogP contribution >= 0.6 is 15.9 Å². The Labute approximate surface area is 119 Å². The molecule has 0 aliphatic heterocycles. The fraction of sp³-hybridized carbons (Fsp3) is 0.143. The standard InChI is InChI=1S/C14H13BrN4/c1-9-3-2-6-17-12(9)8-19-13-7-10(15)4-5-11(13)18-14(19)16/h2-7H,8H2,1H3,(H2,16,18). The van der Waals surface area contributed by atoms with E-state index in [4.69, 9.17) is 5.73 Å². The Morgan fingerprint density at radius 3 is 2.95 bits per heavy atom. The zero-order valence-corrected chi connectivity index (χ0v) is 12.1. The van der Waals surface area contributed by atoms with Crippen LogP contribution in [0.15, 0.2) is 41.0 Å². The minimum Gasteiger partial charge on any atom is -0.369 e. The number of anilines is 1. The Bertz CT molecular complexity index is 748. The average molecular weight is 317 g/mol. The number of rotatable bonds is 2. The highest BCUT2D eigenvalue weighted by Gasteiger charge is 2.10. The smallest absolute Gasteiger partial charge is 0.201 e. The maximum absolute atomic E-state index is 6.01. The number of fused-ring (bicyclic) bond motifs is 1. The van der Waals surface area contributed by atoms with E-state index in [1.54, 1.807) is 6.20 Å². The highest BCUT2D eigenvalue weighted by atomic mass is 79.9. The first kappa shape index (κ1) is 12.2. The predicted molar refractivity (Wildman–Crippen MR) is 79.9 cm³/mol. The number of halogens is 1. The van der Waals surface area contributed by atoms with Crippen molar-refractivity contribution in [3.8, 4) is 0 Å². The molecule has 0 aliphatic rings. The van der Waals surface area contributed by atoms with E-state index in [0.717, 1.165) is 26.8 Å². The molecule has 0 unspecified atom stereocenters. The number of nitrogen functional groups attached to an aromatic ring is 1. The van der Waals surface area contributed by atoms with Crippen LogP contribution in [0.5, 0.6) is 0 Å². The third-order valence-corrected chi connectivity index (χ3v) is 3.66. The van der Waals surface area contributed by atoms with Crippen LogP contribution in [0.25, 0.3) is 11.0 Å². The van der Waals surface area contributed by atoms with E-state index in [1.165, 1.54) is 0 Å². The van der Waals surface area contributed by atoms with Crippen molar-refractivity contribution in [1.82, 2.24) is 14.5 Å². The Balaban J connectivity index is 2.12. The molecule has 0 saturated heterocycles. The largest absolute Gasteiger partial charge is 0.369 e. The third-order valence-electron chi connectivity index (χ3n) is 3.17. The summed E-state index contributed by atoms with van der Waals surface area (Å²) in [6.07, 6.45) is 1.80. The van der Waals surface area contributed by atoms with Crippen LogP contribution in [0.4, 0.5) is 5.95 Å². The molecule has 0 fully saturated rings. The molecule has 2 heterocycles. The van der Waals surface area contributed by atoms with Gasteiger partial charge in [0, 0.05) is 10.7 Å². The van der Waals surface area contributed by atoms with Crippen molar-refractivity contribution in [1.29, 1.82) is 0 Å². The minimum atomic E-state index is 0.512. The molecule has 0 aliphatic carbocycles. The average Bonchev–Trinajstić information content (AvgIpc) is 2.69. The molecular formula is C14H13BrN4. The lowest BCUT2D eigenvalue weighted by atomic mass is 10.2. The van der Waals surface area contributed by atoms with Crippen LogP contribution in [0.1, 0.15) is 11.3 Å². The fourth-order valence-corrected chi connectivity index (χ4v) is 2.46. The molecule has 0 amide bonds. The van der Waals surface area contributed by atoms with Gasteiger partial charge in [-0.1, -0.05) is 22.0 Å². The Hall–Kier alpha value is -1.88. The molecule has 0 saturated carbocycles. The molecule has 4 nitrogen and oxygen atoms in total. The van der Waals surface area contributed by atoms with Crippen molar-refractivity contribution in [3.05, 3.63) is 52.3 Å². The van der Waals surface area contributed by atoms with Crippen molar-refractivity contribution in [2.75, 3.05) is 5.73 Å². The van der Waals surface area contributed by atoms with E-state index < -0.39 is 0 Å². The predicted octanol–water partition coefficient (Wildman–Crippen LogP) is 3.13. The second-order valence-electron chi connectivity index (χ2n) is 4.46. The molecule has 2 aromatic heterocycles. The molecule has 0 bridgehead atoms. The lowest BCUT2D eigenvalue weighted by molar-refractivity contribution is 0.801. The maximum Gasteiger partial charge on any atom is 0.201 e. The molecule has 3 rings (SSSR count). The van der Waals surface area contributed by atoms with Gasteiger partial charge < -0.3 is 10.3 Å². The first-order chi connectivity index (χ1) is 9.15. The topological polar surface area (TPSA) is 56.7 Å². The number of imidazole rings is 1. The fourth-order valence-electron chi connectivity index (χ4n) is 2.11. The van der Waals surface area contributed by atoms with E-state index in [1.807, 2.05) is 41.8 Å². The SMILES string of the molecule is Cc1cccnc1Cn1c(N)nc2ccc(Br)cc21. The number of nitrogens with zero attached hydrogens (tertiary/aromatic N) is 3. The summed E-state index contributed by atoms with van der Waals surface area (Å²) in [5.74, 6) is 0.512. The monoisotopic (exact) mass is 316 g/mol. The van der Waals surface area contributed by atoms with E-state index in [0.29, 0.717) is 12.5 Å². The molecule has 2 N–H and O–H groups in total. The second kappa shape index (κ2) is 4.66. The van der Waals surface area contributed by atoms with Crippen LogP contribution in [-0.4, -0.2) is 14.5 Å². The lowest BCUT2D eigenvalue weighted by Crippen LogP contribution is -2.07. The van der Waals surface area contributed by atoms with Gasteiger partial charge in [0.25, 0.3) is 0 Å². The summed E-state index contributed by atoms with van der Waals surface area (Å²) in [6.45, 7) is 2.68. The van der Waals surface area contributed by atoms with Gasteiger partial charge in [-0.05, 0) is 36.8 Å². The van der Waals surface area contributed by atoms with Gasteiger partial charge in [0.2, 0.25) is 5.95 Å². The lowest BCUT2D eigenvalue weighted by Gasteiger charge is -2.08. The van der Waals surface area contributed by atoms with E-state index >= 15 is 0 Å². The number of hydrogen-bond donors (Lipinski definition) is 1. The minimum absolute atomic E-state index is 0.512. The van der Waals surface area contributed by atoms with Crippen molar-refractivity contribution >= 4 is 32.9 Å². The van der Waals surface area contributed by atoms with Crippen LogP contribution in [0.3, 0.4) is 0 Å². The summed E-state index contributed by atoms with van der Waals surface area (Å²) in [6, 6.07) is 9.93. The normalized spacial score (nSPS) is 11.1. The summed E-state index contributed by atoms with van der Waals surface area (Å²) in [4.78, 5) is 8.78. The number of pyridine rings is 1. The molecule has 19 heavy (non-hydrogen) atoms. The summed E-state index contributed by atoms with van der Waals surface area (Å²) in [5.41, 5.74) is 10.1. The van der Waals surface area contributed by atoms with Gasteiger partial charge >= 0.3 is 0 Å². The van der Waals surface area contributed by atoms with E-state index in [9.17, 15) is 0 Å². The number of benzene rings is 1. The van der Waals surface area contributed by atoms with Crippen LogP contribution < -0.4 is 5.73 Å². The van der Waals surface area contributed by atoms with E-state index in [2.05, 4.69) is 25.9 Å². The zero-order chi connectivity index (χ0) is 13.4. The molecule has 0 atom stereocenters. The van der Waals surface area contributed by atoms with Crippen molar-refractivity contribution < 1.29 is 0 Å². The summed E-state index contributed by atoms with van der Waals surface area (Å²) in [5, 5.41) is 0. The van der Waals surface area contributed by atoms with Crippen LogP contribution in [0, 0.1) is 6.92 Å². The Morgan fingerprint density at radius 1 is 1.32 bits per heavy atom. The van der Waals surface area contributed by atoms with Gasteiger partial charge in [-0.2, -0.15) is 0 Å². The molecular weight excluding hydrogens is 304 g/mol. The first-order valence-corrected chi connectivity index (χ1v) is 6.76. The number of aryl methyl sites for hydroxylation is 1. The number of nitrogens with two attached hydrogens (primary N) is 1. The molecule has 0 radical (unpaired) electrons. The maximum atomic E-state index is 6.01. The second-order valence-corrected chi connectivity index (χ2v) is 5.37. The van der Waals surface area contributed by atoms with Gasteiger partial charge in [0.05, 0.1) is 23.3 Å².